The van der Waals surface area contributed by atoms with E-state index in [1.54, 1.807) is 0 Å². The lowest BCUT2D eigenvalue weighted by Gasteiger charge is -2.47. The molecule has 6 nitrogen and oxygen atoms in total. The Morgan fingerprint density at radius 3 is 2.57 bits per heavy atom. The average molecular weight is 435 g/mol. The first-order chi connectivity index (χ1) is 13.7. The van der Waals surface area contributed by atoms with E-state index < -0.39 is 20.0 Å². The van der Waals surface area contributed by atoms with E-state index in [9.17, 15) is 4.79 Å². The summed E-state index contributed by atoms with van der Waals surface area (Å²) in [5.41, 5.74) is 2.78. The molecule has 2 N–H and O–H groups in total. The summed E-state index contributed by atoms with van der Waals surface area (Å²) in [6.07, 6.45) is 0.628. The van der Waals surface area contributed by atoms with Crippen LogP contribution in [0.4, 0.5) is 10.5 Å². The summed E-state index contributed by atoms with van der Waals surface area (Å²) in [7, 11) is -1.86. The number of carbonyl (C=O) groups is 1. The quantitative estimate of drug-likeness (QED) is 0.625. The van der Waals surface area contributed by atoms with Gasteiger partial charge in [0.2, 0.25) is 0 Å². The Hall–Kier alpha value is -1.57. The lowest BCUT2D eigenvalue weighted by molar-refractivity contribution is -0.0620. The standard InChI is InChI=1S/C23H38N2O4Si/c1-22(2,3)28-21(26)24-13-15-9-10-17-16(11-15)19-12-18(25-17)20(14-27-19)29-30(7,8)23(4,5)6/h9-11,18-20,25H,12-14H2,1-8H3,(H,24,26)/t18-,19+,20-/m1/s1. The zero-order chi connectivity index (χ0) is 22.3. The first kappa shape index (κ1) is 23.1. The number of fused-ring (bicyclic) bond motifs is 4. The minimum atomic E-state index is -1.86. The Kier molecular flexibility index (Phi) is 6.29. The highest BCUT2D eigenvalue weighted by atomic mass is 28.4. The molecule has 2 heterocycles. The van der Waals surface area contributed by atoms with Crippen molar-refractivity contribution in [1.82, 2.24) is 5.32 Å². The third-order valence-corrected chi connectivity index (χ3v) is 10.8. The highest BCUT2D eigenvalue weighted by Crippen LogP contribution is 2.43. The lowest BCUT2D eigenvalue weighted by Crippen LogP contribution is -2.54. The van der Waals surface area contributed by atoms with Crippen LogP contribution in [0.5, 0.6) is 0 Å². The third kappa shape index (κ3) is 5.37. The molecular weight excluding hydrogens is 396 g/mol. The molecule has 0 unspecified atom stereocenters. The van der Waals surface area contributed by atoms with E-state index in [1.165, 1.54) is 0 Å². The van der Waals surface area contributed by atoms with E-state index in [4.69, 9.17) is 13.9 Å². The van der Waals surface area contributed by atoms with Crippen molar-refractivity contribution in [1.29, 1.82) is 0 Å². The van der Waals surface area contributed by atoms with Crippen molar-refractivity contribution in [3.8, 4) is 0 Å². The van der Waals surface area contributed by atoms with E-state index in [-0.39, 0.29) is 23.3 Å². The van der Waals surface area contributed by atoms with Gasteiger partial charge in [-0.1, -0.05) is 26.8 Å². The smallest absolute Gasteiger partial charge is 0.407 e. The molecule has 0 saturated carbocycles. The molecule has 0 radical (unpaired) electrons. The Labute approximate surface area is 182 Å². The second-order valence-corrected chi connectivity index (χ2v) is 15.8. The molecule has 2 bridgehead atoms. The number of alkyl carbamates (subject to hydrolysis) is 1. The van der Waals surface area contributed by atoms with Crippen molar-refractivity contribution in [2.75, 3.05) is 11.9 Å². The van der Waals surface area contributed by atoms with Crippen molar-refractivity contribution in [3.63, 3.8) is 0 Å². The molecule has 1 aromatic rings. The number of hydrogen-bond donors (Lipinski definition) is 2. The molecule has 1 aromatic carbocycles. The van der Waals surface area contributed by atoms with Crippen LogP contribution < -0.4 is 10.6 Å². The molecule has 1 saturated heterocycles. The molecule has 3 rings (SSSR count). The van der Waals surface area contributed by atoms with Crippen LogP contribution in [0.3, 0.4) is 0 Å². The predicted molar refractivity (Wildman–Crippen MR) is 122 cm³/mol. The van der Waals surface area contributed by atoms with Gasteiger partial charge in [-0.2, -0.15) is 0 Å². The highest BCUT2D eigenvalue weighted by molar-refractivity contribution is 6.74. The summed E-state index contributed by atoms with van der Waals surface area (Å²) in [5.74, 6) is 0. The minimum absolute atomic E-state index is 0.0620. The minimum Gasteiger partial charge on any atom is -0.444 e. The predicted octanol–water partition coefficient (Wildman–Crippen LogP) is 5.36. The lowest BCUT2D eigenvalue weighted by atomic mass is 9.89. The van der Waals surface area contributed by atoms with Crippen LogP contribution >= 0.6 is 0 Å². The molecule has 168 valence electrons. The number of benzene rings is 1. The van der Waals surface area contributed by atoms with E-state index in [2.05, 4.69) is 56.6 Å². The molecule has 1 fully saturated rings. The largest absolute Gasteiger partial charge is 0.444 e. The van der Waals surface area contributed by atoms with Gasteiger partial charge in [-0.05, 0) is 56.6 Å². The van der Waals surface area contributed by atoms with Gasteiger partial charge in [0, 0.05) is 24.2 Å². The zero-order valence-corrected chi connectivity index (χ0v) is 20.7. The van der Waals surface area contributed by atoms with Gasteiger partial charge < -0.3 is 24.5 Å². The monoisotopic (exact) mass is 434 g/mol. The van der Waals surface area contributed by atoms with E-state index in [0.717, 1.165) is 23.2 Å². The van der Waals surface area contributed by atoms with Gasteiger partial charge in [-0.3, -0.25) is 0 Å². The van der Waals surface area contributed by atoms with Gasteiger partial charge in [0.05, 0.1) is 24.9 Å². The average Bonchev–Trinajstić information content (AvgIpc) is 2.60. The van der Waals surface area contributed by atoms with Crippen molar-refractivity contribution in [3.05, 3.63) is 29.3 Å². The molecule has 7 heteroatoms. The van der Waals surface area contributed by atoms with Crippen LogP contribution in [-0.2, 0) is 20.4 Å². The number of ether oxygens (including phenoxy) is 2. The third-order valence-electron chi connectivity index (χ3n) is 6.27. The van der Waals surface area contributed by atoms with Crippen LogP contribution in [0.25, 0.3) is 0 Å². The Balaban J connectivity index is 1.66. The molecule has 0 aliphatic carbocycles. The highest BCUT2D eigenvalue weighted by Gasteiger charge is 2.44. The fourth-order valence-corrected chi connectivity index (χ4v) is 4.97. The van der Waals surface area contributed by atoms with Crippen molar-refractivity contribution in [2.45, 2.75) is 96.5 Å². The van der Waals surface area contributed by atoms with Crippen LogP contribution in [0.15, 0.2) is 18.2 Å². The molecule has 1 amide bonds. The second kappa shape index (κ2) is 8.17. The number of carbonyl (C=O) groups excluding carboxylic acids is 1. The van der Waals surface area contributed by atoms with Crippen LogP contribution in [0.1, 0.15) is 65.2 Å². The van der Waals surface area contributed by atoms with E-state index in [0.29, 0.717) is 13.2 Å². The topological polar surface area (TPSA) is 68.8 Å². The van der Waals surface area contributed by atoms with E-state index >= 15 is 0 Å². The Morgan fingerprint density at radius 2 is 1.93 bits per heavy atom. The summed E-state index contributed by atoms with van der Waals surface area (Å²) < 4.78 is 18.2. The molecule has 0 aromatic heterocycles. The van der Waals surface area contributed by atoms with Gasteiger partial charge in [-0.15, -0.1) is 0 Å². The number of anilines is 1. The van der Waals surface area contributed by atoms with Crippen molar-refractivity contribution < 1.29 is 18.7 Å². The Bertz CT molecular complexity index is 782. The summed E-state index contributed by atoms with van der Waals surface area (Å²) in [6, 6.07) is 6.50. The van der Waals surface area contributed by atoms with Gasteiger partial charge in [0.15, 0.2) is 8.32 Å². The molecule has 0 spiro atoms. The first-order valence-electron chi connectivity index (χ1n) is 10.9. The second-order valence-electron chi connectivity index (χ2n) is 11.0. The number of nitrogens with one attached hydrogen (secondary N) is 2. The maximum atomic E-state index is 11.9. The van der Waals surface area contributed by atoms with Crippen LogP contribution in [0.2, 0.25) is 18.1 Å². The number of rotatable bonds is 4. The number of hydrogen-bond acceptors (Lipinski definition) is 5. The molecular formula is C23H38N2O4Si. The number of amides is 1. The summed E-state index contributed by atoms with van der Waals surface area (Å²) in [4.78, 5) is 11.9. The fraction of sp³-hybridized carbons (Fsp3) is 0.696. The molecule has 2 aliphatic rings. The van der Waals surface area contributed by atoms with Crippen LogP contribution in [0, 0.1) is 0 Å². The van der Waals surface area contributed by atoms with Gasteiger partial charge in [0.1, 0.15) is 5.60 Å². The zero-order valence-electron chi connectivity index (χ0n) is 19.7. The van der Waals surface area contributed by atoms with Gasteiger partial charge >= 0.3 is 6.09 Å². The molecule has 2 aliphatic heterocycles. The SMILES string of the molecule is CC(C)(C)OC(=O)NCc1ccc2c(c1)[C@@H]1C[C@@H](N2)[C@H](O[Si](C)(C)C(C)(C)C)CO1. The summed E-state index contributed by atoms with van der Waals surface area (Å²) >= 11 is 0. The van der Waals surface area contributed by atoms with Crippen molar-refractivity contribution >= 4 is 20.1 Å². The summed E-state index contributed by atoms with van der Waals surface area (Å²) in [6.45, 7) is 18.0. The summed E-state index contributed by atoms with van der Waals surface area (Å²) in [5, 5.41) is 6.68. The fourth-order valence-electron chi connectivity index (χ4n) is 3.63. The maximum Gasteiger partial charge on any atom is 0.407 e. The maximum absolute atomic E-state index is 11.9. The van der Waals surface area contributed by atoms with Gasteiger partial charge in [0.25, 0.3) is 0 Å². The van der Waals surface area contributed by atoms with Crippen LogP contribution in [-0.4, -0.2) is 38.8 Å². The first-order valence-corrected chi connectivity index (χ1v) is 13.8. The molecule has 30 heavy (non-hydrogen) atoms. The normalized spacial score (nSPS) is 23.9. The van der Waals surface area contributed by atoms with Crippen molar-refractivity contribution in [2.24, 2.45) is 0 Å². The van der Waals surface area contributed by atoms with E-state index in [1.807, 2.05) is 26.8 Å². The Morgan fingerprint density at radius 1 is 1.23 bits per heavy atom. The molecule has 3 atom stereocenters. The van der Waals surface area contributed by atoms with Gasteiger partial charge in [-0.25, -0.2) is 4.79 Å².